The molecule has 1 aliphatic heterocycles. The molecule has 2 rings (SSSR count). The molecular weight excluding hydrogens is 231 g/mol. The van der Waals surface area contributed by atoms with Crippen molar-refractivity contribution in [1.29, 1.82) is 0 Å². The van der Waals surface area contributed by atoms with Crippen LogP contribution in [0.25, 0.3) is 0 Å². The molecule has 1 N–H and O–H groups in total. The smallest absolute Gasteiger partial charge is 0.0640 e. The Hall–Kier alpha value is -0.440. The number of rotatable bonds is 1. The third kappa shape index (κ3) is 2.39. The minimum absolute atomic E-state index is 0.453. The van der Waals surface area contributed by atoms with E-state index in [0.717, 1.165) is 35.4 Å². The van der Waals surface area contributed by atoms with Crippen molar-refractivity contribution in [3.63, 3.8) is 0 Å². The summed E-state index contributed by atoms with van der Waals surface area (Å²) in [4.78, 5) is 2.30. The Bertz CT molecular complexity index is 354. The van der Waals surface area contributed by atoms with E-state index in [2.05, 4.69) is 17.1 Å². The minimum atomic E-state index is 0.453. The molecule has 0 spiro atoms. The Balaban J connectivity index is 2.30. The lowest BCUT2D eigenvalue weighted by atomic mass is 10.2. The van der Waals surface area contributed by atoms with Gasteiger partial charge < -0.3 is 10.2 Å². The number of hydrogen-bond acceptors (Lipinski definition) is 2. The minimum Gasteiger partial charge on any atom is -0.365 e. The third-order valence-electron chi connectivity index (χ3n) is 2.72. The predicted octanol–water partition coefficient (Wildman–Crippen LogP) is 2.79. The highest BCUT2D eigenvalue weighted by molar-refractivity contribution is 6.35. The van der Waals surface area contributed by atoms with Crippen LogP contribution in [0.4, 0.5) is 5.69 Å². The van der Waals surface area contributed by atoms with Crippen LogP contribution in [-0.4, -0.2) is 25.7 Å². The Morgan fingerprint density at radius 3 is 2.93 bits per heavy atom. The predicted molar refractivity (Wildman–Crippen MR) is 66.1 cm³/mol. The van der Waals surface area contributed by atoms with Crippen molar-refractivity contribution in [1.82, 2.24) is 5.32 Å². The lowest BCUT2D eigenvalue weighted by molar-refractivity contribution is 0.501. The molecule has 1 aromatic rings. The second kappa shape index (κ2) is 4.60. The first-order valence-corrected chi connectivity index (χ1v) is 5.86. The van der Waals surface area contributed by atoms with Gasteiger partial charge in [0.1, 0.15) is 0 Å². The van der Waals surface area contributed by atoms with Crippen LogP contribution in [0.1, 0.15) is 6.92 Å². The van der Waals surface area contributed by atoms with E-state index >= 15 is 0 Å². The summed E-state index contributed by atoms with van der Waals surface area (Å²) in [6.45, 7) is 5.14. The molecule has 1 heterocycles. The summed E-state index contributed by atoms with van der Waals surface area (Å²) in [5, 5.41) is 4.86. The normalized spacial score (nSPS) is 21.8. The Morgan fingerprint density at radius 2 is 2.20 bits per heavy atom. The van der Waals surface area contributed by atoms with Crippen molar-refractivity contribution in [2.75, 3.05) is 24.5 Å². The first-order valence-electron chi connectivity index (χ1n) is 5.11. The fourth-order valence-corrected chi connectivity index (χ4v) is 2.30. The van der Waals surface area contributed by atoms with Crippen LogP contribution in [0.3, 0.4) is 0 Å². The van der Waals surface area contributed by atoms with E-state index in [4.69, 9.17) is 23.2 Å². The largest absolute Gasteiger partial charge is 0.365 e. The average molecular weight is 245 g/mol. The number of benzene rings is 1. The Kier molecular flexibility index (Phi) is 3.39. The van der Waals surface area contributed by atoms with Crippen LogP contribution < -0.4 is 10.2 Å². The van der Waals surface area contributed by atoms with Gasteiger partial charge in [0, 0.05) is 30.7 Å². The van der Waals surface area contributed by atoms with Crippen LogP contribution >= 0.6 is 23.2 Å². The second-order valence-corrected chi connectivity index (χ2v) is 4.69. The number of hydrogen-bond donors (Lipinski definition) is 1. The van der Waals surface area contributed by atoms with Gasteiger partial charge in [0.2, 0.25) is 0 Å². The van der Waals surface area contributed by atoms with E-state index < -0.39 is 0 Å². The van der Waals surface area contributed by atoms with Crippen LogP contribution in [0, 0.1) is 0 Å². The lowest BCUT2D eigenvalue weighted by Gasteiger charge is -2.36. The zero-order chi connectivity index (χ0) is 10.8. The molecule has 4 heteroatoms. The summed E-state index contributed by atoms with van der Waals surface area (Å²) in [5.74, 6) is 0. The molecule has 0 aliphatic carbocycles. The van der Waals surface area contributed by atoms with Gasteiger partial charge in [-0.15, -0.1) is 0 Å². The molecule has 0 radical (unpaired) electrons. The summed E-state index contributed by atoms with van der Waals surface area (Å²) in [6, 6.07) is 6.06. The van der Waals surface area contributed by atoms with E-state index in [1.165, 1.54) is 0 Å². The number of nitrogens with zero attached hydrogens (tertiary/aromatic N) is 1. The van der Waals surface area contributed by atoms with Crippen LogP contribution in [0.2, 0.25) is 10.0 Å². The average Bonchev–Trinajstić information content (AvgIpc) is 2.23. The quantitative estimate of drug-likeness (QED) is 0.818. The number of halogens is 2. The molecule has 1 saturated heterocycles. The van der Waals surface area contributed by atoms with Gasteiger partial charge in [-0.3, -0.25) is 0 Å². The molecule has 1 aliphatic rings. The van der Waals surface area contributed by atoms with Crippen molar-refractivity contribution < 1.29 is 0 Å². The maximum atomic E-state index is 6.17. The molecule has 1 fully saturated rings. The Labute approximate surface area is 100 Å². The van der Waals surface area contributed by atoms with Crippen molar-refractivity contribution in [2.24, 2.45) is 0 Å². The van der Waals surface area contributed by atoms with Gasteiger partial charge in [-0.25, -0.2) is 0 Å². The molecule has 15 heavy (non-hydrogen) atoms. The van der Waals surface area contributed by atoms with Crippen LogP contribution in [-0.2, 0) is 0 Å². The maximum Gasteiger partial charge on any atom is 0.0640 e. The van der Waals surface area contributed by atoms with Crippen molar-refractivity contribution in [3.8, 4) is 0 Å². The van der Waals surface area contributed by atoms with E-state index in [0.29, 0.717) is 6.04 Å². The van der Waals surface area contributed by atoms with Crippen LogP contribution in [0.15, 0.2) is 18.2 Å². The standard InChI is InChI=1S/C11H14Cl2N2/c1-8-7-14-4-5-15(8)11-6-9(12)2-3-10(11)13/h2-3,6,8,14H,4-5,7H2,1H3. The summed E-state index contributed by atoms with van der Waals surface area (Å²) >= 11 is 12.2. The fraction of sp³-hybridized carbons (Fsp3) is 0.455. The van der Waals surface area contributed by atoms with Gasteiger partial charge in [-0.2, -0.15) is 0 Å². The molecule has 2 nitrogen and oxygen atoms in total. The third-order valence-corrected chi connectivity index (χ3v) is 3.27. The van der Waals surface area contributed by atoms with Crippen LogP contribution in [0.5, 0.6) is 0 Å². The van der Waals surface area contributed by atoms with Gasteiger partial charge in [-0.05, 0) is 25.1 Å². The summed E-state index contributed by atoms with van der Waals surface area (Å²) < 4.78 is 0. The van der Waals surface area contributed by atoms with E-state index in [1.54, 1.807) is 0 Å². The maximum absolute atomic E-state index is 6.17. The lowest BCUT2D eigenvalue weighted by Crippen LogP contribution is -2.50. The van der Waals surface area contributed by atoms with Gasteiger partial charge in [0.25, 0.3) is 0 Å². The second-order valence-electron chi connectivity index (χ2n) is 3.84. The van der Waals surface area contributed by atoms with Crippen molar-refractivity contribution in [2.45, 2.75) is 13.0 Å². The number of piperazine rings is 1. The zero-order valence-corrected chi connectivity index (χ0v) is 10.1. The molecule has 1 unspecified atom stereocenters. The molecule has 0 bridgehead atoms. The number of nitrogens with one attached hydrogen (secondary N) is 1. The molecule has 1 atom stereocenters. The molecule has 1 aromatic carbocycles. The van der Waals surface area contributed by atoms with E-state index in [9.17, 15) is 0 Å². The zero-order valence-electron chi connectivity index (χ0n) is 8.63. The summed E-state index contributed by atoms with van der Waals surface area (Å²) in [6.07, 6.45) is 0. The highest BCUT2D eigenvalue weighted by atomic mass is 35.5. The SMILES string of the molecule is CC1CNCCN1c1cc(Cl)ccc1Cl. The van der Waals surface area contributed by atoms with Crippen molar-refractivity contribution in [3.05, 3.63) is 28.2 Å². The monoisotopic (exact) mass is 244 g/mol. The molecule has 82 valence electrons. The Morgan fingerprint density at radius 1 is 1.40 bits per heavy atom. The molecule has 0 saturated carbocycles. The highest BCUT2D eigenvalue weighted by Gasteiger charge is 2.20. The van der Waals surface area contributed by atoms with E-state index in [-0.39, 0.29) is 0 Å². The molecular formula is C11H14Cl2N2. The first-order chi connectivity index (χ1) is 7.18. The summed E-state index contributed by atoms with van der Waals surface area (Å²) in [7, 11) is 0. The fourth-order valence-electron chi connectivity index (χ4n) is 1.90. The molecule has 0 amide bonds. The summed E-state index contributed by atoms with van der Waals surface area (Å²) in [5.41, 5.74) is 1.04. The number of anilines is 1. The first kappa shape index (κ1) is 11.1. The highest BCUT2D eigenvalue weighted by Crippen LogP contribution is 2.30. The van der Waals surface area contributed by atoms with E-state index in [1.807, 2.05) is 18.2 Å². The molecule has 0 aromatic heterocycles. The van der Waals surface area contributed by atoms with Crippen molar-refractivity contribution >= 4 is 28.9 Å². The van der Waals surface area contributed by atoms with Gasteiger partial charge >= 0.3 is 0 Å². The van der Waals surface area contributed by atoms with Gasteiger partial charge in [0.15, 0.2) is 0 Å². The van der Waals surface area contributed by atoms with Gasteiger partial charge in [-0.1, -0.05) is 23.2 Å². The van der Waals surface area contributed by atoms with Gasteiger partial charge in [0.05, 0.1) is 10.7 Å². The topological polar surface area (TPSA) is 15.3 Å².